The smallest absolute Gasteiger partial charge is 0.271 e. The second-order valence-electron chi connectivity index (χ2n) is 5.83. The highest BCUT2D eigenvalue weighted by Gasteiger charge is 2.11. The number of carbonyl (C=O) groups is 2. The lowest BCUT2D eigenvalue weighted by molar-refractivity contribution is -0.119. The van der Waals surface area contributed by atoms with Gasteiger partial charge in [-0.1, -0.05) is 12.7 Å². The molecule has 0 unspecified atom stereocenters. The van der Waals surface area contributed by atoms with E-state index in [1.165, 1.54) is 20.4 Å². The first kappa shape index (κ1) is 22.3. The molecular weight excluding hydrogens is 390 g/mol. The molecule has 0 atom stereocenters. The van der Waals surface area contributed by atoms with Gasteiger partial charge in [0.1, 0.15) is 6.61 Å². The van der Waals surface area contributed by atoms with Crippen LogP contribution in [0.2, 0.25) is 0 Å². The van der Waals surface area contributed by atoms with Crippen LogP contribution in [0.1, 0.15) is 15.9 Å². The molecule has 0 aromatic heterocycles. The molecule has 9 heteroatoms. The number of rotatable bonds is 11. The van der Waals surface area contributed by atoms with E-state index in [2.05, 4.69) is 17.1 Å². The van der Waals surface area contributed by atoms with Crippen LogP contribution in [-0.2, 0) is 4.79 Å². The lowest BCUT2D eigenvalue weighted by atomic mass is 10.2. The molecule has 2 amide bonds. The van der Waals surface area contributed by atoms with Gasteiger partial charge in [0.2, 0.25) is 0 Å². The van der Waals surface area contributed by atoms with Gasteiger partial charge in [0, 0.05) is 5.56 Å². The Kier molecular flexibility index (Phi) is 8.25. The molecular formula is C21H23N3O6. The number of hydrogen-bond acceptors (Lipinski definition) is 7. The van der Waals surface area contributed by atoms with Gasteiger partial charge >= 0.3 is 0 Å². The monoisotopic (exact) mass is 413 g/mol. The summed E-state index contributed by atoms with van der Waals surface area (Å²) in [6.07, 6.45) is 3.05. The van der Waals surface area contributed by atoms with Crippen LogP contribution in [0.4, 0.5) is 0 Å². The molecule has 0 aliphatic heterocycles. The number of hydrazone groups is 1. The number of hydrogen-bond donors (Lipinski definition) is 2. The number of nitrogens with one attached hydrogen (secondary N) is 1. The van der Waals surface area contributed by atoms with Crippen molar-refractivity contribution >= 4 is 18.0 Å². The molecule has 9 nitrogen and oxygen atoms in total. The Balaban J connectivity index is 2.04. The third-order valence-electron chi connectivity index (χ3n) is 3.72. The predicted octanol–water partition coefficient (Wildman–Crippen LogP) is 1.90. The predicted molar refractivity (Wildman–Crippen MR) is 111 cm³/mol. The zero-order valence-corrected chi connectivity index (χ0v) is 16.7. The molecule has 0 saturated carbocycles. The Morgan fingerprint density at radius 3 is 2.37 bits per heavy atom. The SMILES string of the molecule is C=CCOc1ccc(C(=O)N/N=C/c2ccc(OCC(N)=O)c(OC)c2)cc1OC. The molecule has 2 rings (SSSR count). The summed E-state index contributed by atoms with van der Waals surface area (Å²) in [5.74, 6) is 0.665. The van der Waals surface area contributed by atoms with Crippen molar-refractivity contribution in [1.29, 1.82) is 0 Å². The number of primary amides is 1. The van der Waals surface area contributed by atoms with E-state index < -0.39 is 11.8 Å². The first-order valence-electron chi connectivity index (χ1n) is 8.82. The molecule has 0 aliphatic carbocycles. The summed E-state index contributed by atoms with van der Waals surface area (Å²) in [6, 6.07) is 9.72. The van der Waals surface area contributed by atoms with Crippen LogP contribution in [0.3, 0.4) is 0 Å². The van der Waals surface area contributed by atoms with Gasteiger partial charge in [-0.15, -0.1) is 0 Å². The van der Waals surface area contributed by atoms with Crippen LogP contribution in [-0.4, -0.2) is 45.5 Å². The highest BCUT2D eigenvalue weighted by molar-refractivity contribution is 5.95. The summed E-state index contributed by atoms with van der Waals surface area (Å²) in [7, 11) is 2.95. The summed E-state index contributed by atoms with van der Waals surface area (Å²) in [5.41, 5.74) is 8.50. The summed E-state index contributed by atoms with van der Waals surface area (Å²) < 4.78 is 21.2. The van der Waals surface area contributed by atoms with Crippen molar-refractivity contribution in [1.82, 2.24) is 5.43 Å². The molecule has 0 aliphatic rings. The second-order valence-corrected chi connectivity index (χ2v) is 5.83. The second kappa shape index (κ2) is 11.1. The van der Waals surface area contributed by atoms with Crippen molar-refractivity contribution in [2.75, 3.05) is 27.4 Å². The lowest BCUT2D eigenvalue weighted by Gasteiger charge is -2.10. The molecule has 0 bridgehead atoms. The maximum absolute atomic E-state index is 12.3. The van der Waals surface area contributed by atoms with Gasteiger partial charge in [-0.05, 0) is 42.0 Å². The minimum atomic E-state index is -0.595. The van der Waals surface area contributed by atoms with Crippen molar-refractivity contribution in [2.24, 2.45) is 10.8 Å². The van der Waals surface area contributed by atoms with Gasteiger partial charge in [-0.2, -0.15) is 5.10 Å². The maximum Gasteiger partial charge on any atom is 0.271 e. The first-order chi connectivity index (χ1) is 14.5. The number of nitrogens with zero attached hydrogens (tertiary/aromatic N) is 1. The molecule has 0 spiro atoms. The standard InChI is InChI=1S/C21H23N3O6/c1-4-9-29-16-8-6-15(11-19(16)28-3)21(26)24-23-12-14-5-7-17(18(10-14)27-2)30-13-20(22)25/h4-8,10-12H,1,9,13H2,2-3H3,(H2,22,25)(H,24,26)/b23-12+. The molecule has 0 radical (unpaired) electrons. The third kappa shape index (κ3) is 6.26. The number of carbonyl (C=O) groups excluding carboxylic acids is 2. The fraction of sp³-hybridized carbons (Fsp3) is 0.190. The molecule has 3 N–H and O–H groups in total. The number of benzene rings is 2. The van der Waals surface area contributed by atoms with Crippen molar-refractivity contribution in [3.05, 3.63) is 60.2 Å². The van der Waals surface area contributed by atoms with Gasteiger partial charge in [-0.25, -0.2) is 5.43 Å². The normalized spacial score (nSPS) is 10.3. The van der Waals surface area contributed by atoms with E-state index in [1.54, 1.807) is 42.5 Å². The van der Waals surface area contributed by atoms with E-state index in [4.69, 9.17) is 24.7 Å². The Hall–Kier alpha value is -4.01. The highest BCUT2D eigenvalue weighted by Crippen LogP contribution is 2.28. The van der Waals surface area contributed by atoms with Crippen molar-refractivity contribution < 1.29 is 28.5 Å². The highest BCUT2D eigenvalue weighted by atomic mass is 16.5. The van der Waals surface area contributed by atoms with Crippen molar-refractivity contribution in [3.8, 4) is 23.0 Å². The summed E-state index contributed by atoms with van der Waals surface area (Å²) in [5, 5.41) is 3.94. The molecule has 30 heavy (non-hydrogen) atoms. The van der Waals surface area contributed by atoms with E-state index in [0.29, 0.717) is 40.7 Å². The van der Waals surface area contributed by atoms with E-state index >= 15 is 0 Å². The van der Waals surface area contributed by atoms with Crippen LogP contribution < -0.4 is 30.1 Å². The Morgan fingerprint density at radius 2 is 1.70 bits per heavy atom. The molecule has 0 heterocycles. The Bertz CT molecular complexity index is 942. The van der Waals surface area contributed by atoms with Gasteiger partial charge < -0.3 is 24.7 Å². The van der Waals surface area contributed by atoms with Crippen LogP contribution >= 0.6 is 0 Å². The summed E-state index contributed by atoms with van der Waals surface area (Å²) in [4.78, 5) is 23.2. The van der Waals surface area contributed by atoms with Gasteiger partial charge in [-0.3, -0.25) is 9.59 Å². The maximum atomic E-state index is 12.3. The molecule has 0 saturated heterocycles. The van der Waals surface area contributed by atoms with Gasteiger partial charge in [0.15, 0.2) is 29.6 Å². The largest absolute Gasteiger partial charge is 0.493 e. The Morgan fingerprint density at radius 1 is 1.03 bits per heavy atom. The zero-order chi connectivity index (χ0) is 21.9. The van der Waals surface area contributed by atoms with Crippen molar-refractivity contribution in [2.45, 2.75) is 0 Å². The third-order valence-corrected chi connectivity index (χ3v) is 3.72. The van der Waals surface area contributed by atoms with E-state index in [0.717, 1.165) is 0 Å². The summed E-state index contributed by atoms with van der Waals surface area (Å²) in [6.45, 7) is 3.65. The van der Waals surface area contributed by atoms with E-state index in [9.17, 15) is 9.59 Å². The fourth-order valence-corrected chi connectivity index (χ4v) is 2.34. The first-order valence-corrected chi connectivity index (χ1v) is 8.82. The minimum Gasteiger partial charge on any atom is -0.493 e. The van der Waals surface area contributed by atoms with E-state index in [1.807, 2.05) is 0 Å². The summed E-state index contributed by atoms with van der Waals surface area (Å²) >= 11 is 0. The topological polar surface area (TPSA) is 121 Å². The molecule has 0 fully saturated rings. The van der Waals surface area contributed by atoms with Crippen LogP contribution in [0.25, 0.3) is 0 Å². The average Bonchev–Trinajstić information content (AvgIpc) is 2.76. The zero-order valence-electron chi connectivity index (χ0n) is 16.7. The lowest BCUT2D eigenvalue weighted by Crippen LogP contribution is -2.20. The number of methoxy groups -OCH3 is 2. The van der Waals surface area contributed by atoms with Crippen molar-refractivity contribution in [3.63, 3.8) is 0 Å². The van der Waals surface area contributed by atoms with Crippen LogP contribution in [0, 0.1) is 0 Å². The molecule has 2 aromatic rings. The Labute approximate surface area is 174 Å². The molecule has 2 aromatic carbocycles. The number of ether oxygens (including phenoxy) is 4. The van der Waals surface area contributed by atoms with Crippen LogP contribution in [0.15, 0.2) is 54.2 Å². The van der Waals surface area contributed by atoms with Crippen LogP contribution in [0.5, 0.6) is 23.0 Å². The minimum absolute atomic E-state index is 0.263. The average molecular weight is 413 g/mol. The van der Waals surface area contributed by atoms with Gasteiger partial charge in [0.25, 0.3) is 11.8 Å². The fourth-order valence-electron chi connectivity index (χ4n) is 2.34. The quantitative estimate of drug-likeness (QED) is 0.330. The van der Waals surface area contributed by atoms with E-state index in [-0.39, 0.29) is 6.61 Å². The molecule has 158 valence electrons. The number of amides is 2. The number of nitrogens with two attached hydrogens (primary N) is 1. The van der Waals surface area contributed by atoms with Gasteiger partial charge in [0.05, 0.1) is 20.4 Å².